The third-order valence-electron chi connectivity index (χ3n) is 19.7. The number of pyridine rings is 3. The van der Waals surface area contributed by atoms with Crippen molar-refractivity contribution in [3.05, 3.63) is 196 Å². The van der Waals surface area contributed by atoms with Gasteiger partial charge in [-0.1, -0.05) is 60.7 Å². The Kier molecular flexibility index (Phi) is 21.2. The highest BCUT2D eigenvalue weighted by Gasteiger charge is 2.51. The number of ether oxygens (including phenoxy) is 2. The number of methoxy groups -OCH3 is 2. The summed E-state index contributed by atoms with van der Waals surface area (Å²) in [6.07, 6.45) is 5.73. The molecule has 0 radical (unpaired) electrons. The first-order chi connectivity index (χ1) is 46.8. The normalized spacial score (nSPS) is 17.0. The number of rotatable bonds is 12. The van der Waals surface area contributed by atoms with Gasteiger partial charge < -0.3 is 48.2 Å². The zero-order valence-electron chi connectivity index (χ0n) is 58.5. The average Bonchev–Trinajstić information content (AvgIpc) is 1.64. The first-order valence-corrected chi connectivity index (χ1v) is 34.6. The molecule has 97 heavy (non-hydrogen) atoms. The van der Waals surface area contributed by atoms with E-state index >= 15 is 0 Å². The average molecular weight is 1370 g/mol. The van der Waals surface area contributed by atoms with Gasteiger partial charge in [-0.15, -0.1) is 0 Å². The number of aryl methyl sites for hydroxylation is 2. The van der Waals surface area contributed by atoms with E-state index in [1.807, 2.05) is 65.1 Å². The molecule has 0 unspecified atom stereocenters. The van der Waals surface area contributed by atoms with Gasteiger partial charge in [0.25, 0.3) is 0 Å². The molecule has 5 aliphatic rings. The van der Waals surface area contributed by atoms with E-state index in [2.05, 4.69) is 231 Å². The summed E-state index contributed by atoms with van der Waals surface area (Å²) < 4.78 is 27.5. The number of likely N-dealkylation sites (N-methyl/N-ethyl adjacent to an activating group) is 3. The lowest BCUT2D eigenvalue weighted by atomic mass is 9.79. The van der Waals surface area contributed by atoms with Gasteiger partial charge in [-0.3, -0.25) is 9.98 Å². The largest absolute Gasteiger partial charge is 0.497 e. The quantitative estimate of drug-likeness (QED) is 0.107. The van der Waals surface area contributed by atoms with E-state index in [1.54, 1.807) is 20.4 Å². The van der Waals surface area contributed by atoms with Gasteiger partial charge in [0, 0.05) is 152 Å². The third kappa shape index (κ3) is 16.2. The zero-order chi connectivity index (χ0) is 68.0. The summed E-state index contributed by atoms with van der Waals surface area (Å²) in [6.45, 7) is 29.9. The van der Waals surface area contributed by atoms with Crippen LogP contribution in [0.2, 0.25) is 0 Å². The van der Waals surface area contributed by atoms with Crippen molar-refractivity contribution in [3.8, 4) is 33.8 Å². The number of aliphatic imine (C=N–C) groups is 1. The van der Waals surface area contributed by atoms with Crippen molar-refractivity contribution in [1.29, 1.82) is 0 Å². The molecule has 18 nitrogen and oxygen atoms in total. The lowest BCUT2D eigenvalue weighted by Gasteiger charge is -2.34. The van der Waals surface area contributed by atoms with E-state index < -0.39 is 0 Å². The number of piperazine rings is 3. The van der Waals surface area contributed by atoms with Crippen LogP contribution >= 0.6 is 15.9 Å². The van der Waals surface area contributed by atoms with Gasteiger partial charge in [-0.05, 0) is 192 Å². The first-order valence-electron chi connectivity index (χ1n) is 33.8. The Morgan fingerprint density at radius 2 is 0.856 bits per heavy atom. The van der Waals surface area contributed by atoms with Crippen LogP contribution in [-0.2, 0) is 28.9 Å². The topological polar surface area (TPSA) is 143 Å². The molecule has 4 saturated heterocycles. The highest BCUT2D eigenvalue weighted by molar-refractivity contribution is 9.10. The van der Waals surface area contributed by atoms with Crippen LogP contribution in [0.15, 0.2) is 168 Å². The van der Waals surface area contributed by atoms with E-state index in [4.69, 9.17) is 28.9 Å². The molecule has 0 N–H and O–H groups in total. The van der Waals surface area contributed by atoms with Gasteiger partial charge in [-0.25, -0.2) is 19.3 Å². The van der Waals surface area contributed by atoms with Crippen LogP contribution in [0.25, 0.3) is 44.3 Å². The number of nitrogens with zero attached hydrogens (tertiary/aromatic N) is 14. The van der Waals surface area contributed by atoms with E-state index in [1.165, 1.54) is 50.4 Å². The fourth-order valence-electron chi connectivity index (χ4n) is 12.7. The van der Waals surface area contributed by atoms with Crippen LogP contribution in [0.3, 0.4) is 0 Å². The molecule has 15 rings (SSSR count). The Hall–Kier alpha value is -8.50. The van der Waals surface area contributed by atoms with Gasteiger partial charge in [0.15, 0.2) is 11.3 Å². The molecule has 4 fully saturated rings. The van der Waals surface area contributed by atoms with Crippen LogP contribution in [-0.4, -0.2) is 187 Å². The number of aromatic nitrogens is 7. The van der Waals surface area contributed by atoms with Crippen molar-refractivity contribution in [2.24, 2.45) is 4.99 Å². The van der Waals surface area contributed by atoms with Crippen LogP contribution in [0.1, 0.15) is 68.4 Å². The maximum atomic E-state index is 6.11. The van der Waals surface area contributed by atoms with Gasteiger partial charge in [0.05, 0.1) is 62.1 Å². The molecule has 5 aromatic carbocycles. The van der Waals surface area contributed by atoms with Crippen molar-refractivity contribution in [1.82, 2.24) is 49.2 Å². The Bertz CT molecular complexity index is 4290. The SMILES string of the molecule is CC1=NCc2ncc(-c3ccc(N4CCN(C)CC4)cc3)cc21.CN1CCN(c2ccc(B3OC(C)(C)C(C)(C)O3)cc2)CC1.COc1ccc(Cn2nc(C)c3cc(-c4ccc(N5CCN(C)CC5)cc4)cnc32)cc1.COc1ccc(Cn2nc(C)c3cc(Br)cnc32)cc1. The van der Waals surface area contributed by atoms with Crippen molar-refractivity contribution >= 4 is 73.4 Å². The lowest BCUT2D eigenvalue weighted by molar-refractivity contribution is 0.00578. The molecule has 20 heteroatoms. The predicted molar refractivity (Wildman–Crippen MR) is 399 cm³/mol. The maximum Gasteiger partial charge on any atom is 0.494 e. The van der Waals surface area contributed by atoms with Gasteiger partial charge in [-0.2, -0.15) is 10.2 Å². The minimum atomic E-state index is -0.284. The molecule has 0 aliphatic carbocycles. The molecule has 5 aromatic heterocycles. The molecule has 0 atom stereocenters. The molecule has 0 amide bonds. The second-order valence-corrected chi connectivity index (χ2v) is 28.0. The summed E-state index contributed by atoms with van der Waals surface area (Å²) in [6, 6.07) is 48.9. The summed E-state index contributed by atoms with van der Waals surface area (Å²) >= 11 is 3.45. The number of hydrogen-bond acceptors (Lipinski definition) is 16. The number of anilines is 3. The van der Waals surface area contributed by atoms with Gasteiger partial charge in [0.1, 0.15) is 11.5 Å². The smallest absolute Gasteiger partial charge is 0.494 e. The minimum absolute atomic E-state index is 0.272. The summed E-state index contributed by atoms with van der Waals surface area (Å²) in [5, 5.41) is 11.5. The first kappa shape index (κ1) is 68.4. The van der Waals surface area contributed by atoms with E-state index in [-0.39, 0.29) is 18.3 Å². The number of fused-ring (bicyclic) bond motifs is 3. The van der Waals surface area contributed by atoms with Crippen LogP contribution in [0.5, 0.6) is 11.5 Å². The number of benzene rings is 5. The molecule has 0 saturated carbocycles. The Morgan fingerprint density at radius 3 is 1.29 bits per heavy atom. The van der Waals surface area contributed by atoms with E-state index in [0.717, 1.165) is 157 Å². The molecule has 0 spiro atoms. The fourth-order valence-corrected chi connectivity index (χ4v) is 13.0. The second kappa shape index (κ2) is 30.1. The summed E-state index contributed by atoms with van der Waals surface area (Å²) in [7, 11) is 9.63. The number of hydrogen-bond donors (Lipinski definition) is 0. The minimum Gasteiger partial charge on any atom is -0.497 e. The Labute approximate surface area is 581 Å². The van der Waals surface area contributed by atoms with Gasteiger partial charge in [0.2, 0.25) is 0 Å². The van der Waals surface area contributed by atoms with Crippen LogP contribution in [0, 0.1) is 13.8 Å². The molecule has 504 valence electrons. The highest BCUT2D eigenvalue weighted by Crippen LogP contribution is 2.37. The zero-order valence-corrected chi connectivity index (χ0v) is 60.1. The standard InChI is InChI=1S/C26H29N5O.C19H22N4.C17H27BN2O2.C15H14BrN3O/c1-19-25-16-22(21-6-8-23(9-7-21)30-14-12-29(2)13-15-30)17-27-26(25)31(28-19)18-20-4-10-24(32-3)11-5-20;1-14-18-11-16(12-21-19(18)13-20-14)15-3-5-17(6-4-15)23-9-7-22(2)8-10-23;1-16(2)17(3,4)22-18(21-16)14-6-8-15(9-7-14)20-12-10-19(5)11-13-20;1-10-14-7-12(16)8-17-15(14)19(18-10)9-11-3-5-13(20-2)6-4-11/h4-11,16-17H,12-15,18H2,1-3H3;3-6,11-12H,7-10,13H2,1-2H3;6-9H,10-13H2,1-5H3;3-8H,9H2,1-2H3. The molecule has 10 aromatic rings. The van der Waals surface area contributed by atoms with E-state index in [0.29, 0.717) is 13.1 Å². The second-order valence-electron chi connectivity index (χ2n) is 27.1. The molecule has 10 heterocycles. The van der Waals surface area contributed by atoms with Crippen molar-refractivity contribution in [2.75, 3.05) is 129 Å². The van der Waals surface area contributed by atoms with Crippen molar-refractivity contribution in [3.63, 3.8) is 0 Å². The Balaban J connectivity index is 0.000000126. The maximum absolute atomic E-state index is 6.11. The number of halogens is 1. The molecule has 5 aliphatic heterocycles. The third-order valence-corrected chi connectivity index (χ3v) is 20.2. The molecule has 0 bridgehead atoms. The van der Waals surface area contributed by atoms with Crippen molar-refractivity contribution < 1.29 is 18.8 Å². The van der Waals surface area contributed by atoms with Crippen LogP contribution < -0.4 is 29.6 Å². The van der Waals surface area contributed by atoms with Gasteiger partial charge >= 0.3 is 7.12 Å². The molecular weight excluding hydrogens is 1280 g/mol. The Morgan fingerprint density at radius 1 is 0.464 bits per heavy atom. The fraction of sp³-hybridized carbons (Fsp3) is 0.377. The van der Waals surface area contributed by atoms with Crippen molar-refractivity contribution in [2.45, 2.75) is 79.3 Å². The monoisotopic (exact) mass is 1370 g/mol. The molecular formula is C77H92BBrN14O4. The lowest BCUT2D eigenvalue weighted by Crippen LogP contribution is -2.44. The van der Waals surface area contributed by atoms with E-state index in [9.17, 15) is 0 Å². The predicted octanol–water partition coefficient (Wildman–Crippen LogP) is 12.3. The van der Waals surface area contributed by atoms with Crippen LogP contribution in [0.4, 0.5) is 17.1 Å². The summed E-state index contributed by atoms with van der Waals surface area (Å²) in [4.78, 5) is 32.8. The summed E-state index contributed by atoms with van der Waals surface area (Å²) in [5.74, 6) is 1.72. The highest BCUT2D eigenvalue weighted by atomic mass is 79.9. The summed E-state index contributed by atoms with van der Waals surface area (Å²) in [5.41, 5.74) is 18.6.